The maximum Gasteiger partial charge on any atom is 0.248 e. The highest BCUT2D eigenvalue weighted by molar-refractivity contribution is 7.88. The van der Waals surface area contributed by atoms with Gasteiger partial charge in [0.1, 0.15) is 5.82 Å². The summed E-state index contributed by atoms with van der Waals surface area (Å²) in [4.78, 5) is 23.8. The summed E-state index contributed by atoms with van der Waals surface area (Å²) in [6.07, 6.45) is 0.650. The van der Waals surface area contributed by atoms with Crippen LogP contribution in [-0.2, 0) is 20.6 Å². The molecule has 2 aromatic rings. The minimum absolute atomic E-state index is 0.0611. The molecule has 0 spiro atoms. The summed E-state index contributed by atoms with van der Waals surface area (Å²) in [7, 11) is -3.78. The highest BCUT2D eigenvalue weighted by Gasteiger charge is 2.32. The molecule has 1 saturated heterocycles. The highest BCUT2D eigenvalue weighted by atomic mass is 35.5. The third-order valence-corrected chi connectivity index (χ3v) is 7.18. The lowest BCUT2D eigenvalue weighted by Gasteiger charge is -2.30. The van der Waals surface area contributed by atoms with Gasteiger partial charge < -0.3 is 11.1 Å². The number of hydrogen-bond donors (Lipinski definition) is 2. The van der Waals surface area contributed by atoms with Crippen molar-refractivity contribution in [1.82, 2.24) is 4.31 Å². The lowest BCUT2D eigenvalue weighted by atomic mass is 9.97. The number of primary amides is 1. The molecule has 3 rings (SSSR count). The lowest BCUT2D eigenvalue weighted by molar-refractivity contribution is -0.120. The summed E-state index contributed by atoms with van der Waals surface area (Å²) in [5.74, 6) is -2.44. The monoisotopic (exact) mass is 453 g/mol. The van der Waals surface area contributed by atoms with E-state index >= 15 is 0 Å². The summed E-state index contributed by atoms with van der Waals surface area (Å²) in [6, 6.07) is 10.3. The normalized spacial score (nSPS) is 15.7. The smallest absolute Gasteiger partial charge is 0.248 e. The molecule has 30 heavy (non-hydrogen) atoms. The third-order valence-electron chi connectivity index (χ3n) is 5.02. The van der Waals surface area contributed by atoms with Gasteiger partial charge in [0.2, 0.25) is 21.8 Å². The maximum atomic E-state index is 14.0. The van der Waals surface area contributed by atoms with Crippen LogP contribution in [0.1, 0.15) is 28.8 Å². The topological polar surface area (TPSA) is 110 Å². The van der Waals surface area contributed by atoms with Crippen LogP contribution in [0.3, 0.4) is 0 Å². The Morgan fingerprint density at radius 2 is 1.83 bits per heavy atom. The maximum absolute atomic E-state index is 14.0. The Kier molecular flexibility index (Phi) is 6.74. The summed E-state index contributed by atoms with van der Waals surface area (Å²) in [5.41, 5.74) is 5.90. The zero-order chi connectivity index (χ0) is 21.9. The summed E-state index contributed by atoms with van der Waals surface area (Å²) in [5, 5.41) is 2.79. The molecule has 0 radical (unpaired) electrons. The quantitative estimate of drug-likeness (QED) is 0.700. The van der Waals surface area contributed by atoms with Gasteiger partial charge in [-0.05, 0) is 43.2 Å². The van der Waals surface area contributed by atoms with Crippen LogP contribution in [0.4, 0.5) is 10.1 Å². The van der Waals surface area contributed by atoms with Crippen LogP contribution in [-0.4, -0.2) is 37.6 Å². The summed E-state index contributed by atoms with van der Waals surface area (Å²) in [6.45, 7) is 0.293. The number of rotatable bonds is 6. The molecule has 2 aromatic carbocycles. The Hall–Kier alpha value is -2.49. The van der Waals surface area contributed by atoms with Crippen LogP contribution >= 0.6 is 11.6 Å². The highest BCUT2D eigenvalue weighted by Crippen LogP contribution is 2.26. The molecule has 0 aromatic heterocycles. The zero-order valence-electron chi connectivity index (χ0n) is 16.0. The minimum atomic E-state index is -3.78. The molecule has 1 fully saturated rings. The van der Waals surface area contributed by atoms with Crippen molar-refractivity contribution in [2.75, 3.05) is 18.4 Å². The SMILES string of the molecule is NC(=O)c1cccc(NC(=O)C2CCN(S(=O)(=O)Cc3c(F)cccc3Cl)CC2)c1. The number of hydrogen-bond acceptors (Lipinski definition) is 4. The zero-order valence-corrected chi connectivity index (χ0v) is 17.5. The fraction of sp³-hybridized carbons (Fsp3) is 0.300. The second kappa shape index (κ2) is 9.11. The van der Waals surface area contributed by atoms with E-state index in [1.165, 1.54) is 28.6 Å². The number of carbonyl (C=O) groups is 2. The van der Waals surface area contributed by atoms with Crippen molar-refractivity contribution >= 4 is 39.1 Å². The minimum Gasteiger partial charge on any atom is -0.366 e. The second-order valence-electron chi connectivity index (χ2n) is 7.06. The van der Waals surface area contributed by atoms with E-state index in [9.17, 15) is 22.4 Å². The number of nitrogens with two attached hydrogens (primary N) is 1. The number of nitrogens with zero attached hydrogens (tertiary/aromatic N) is 1. The number of carbonyl (C=O) groups excluding carboxylic acids is 2. The third kappa shape index (κ3) is 5.16. The van der Waals surface area contributed by atoms with Crippen LogP contribution < -0.4 is 11.1 Å². The standard InChI is InChI=1S/C20H21ClFN3O4S/c21-17-5-2-6-18(22)16(17)12-30(28,29)25-9-7-13(8-10-25)20(27)24-15-4-1-3-14(11-15)19(23)26/h1-6,11,13H,7-10,12H2,(H2,23,26)(H,24,27). The molecule has 0 bridgehead atoms. The molecule has 0 saturated carbocycles. The molecule has 7 nitrogen and oxygen atoms in total. The van der Waals surface area contributed by atoms with Gasteiger partial charge in [0.15, 0.2) is 0 Å². The van der Waals surface area contributed by atoms with E-state index < -0.39 is 27.5 Å². The molecule has 1 heterocycles. The van der Waals surface area contributed by atoms with Gasteiger partial charge in [-0.2, -0.15) is 0 Å². The van der Waals surface area contributed by atoms with E-state index in [1.54, 1.807) is 18.2 Å². The molecule has 1 aliphatic rings. The van der Waals surface area contributed by atoms with Gasteiger partial charge in [0.25, 0.3) is 0 Å². The van der Waals surface area contributed by atoms with E-state index in [0.717, 1.165) is 0 Å². The predicted molar refractivity (Wildman–Crippen MR) is 112 cm³/mol. The largest absolute Gasteiger partial charge is 0.366 e. The molecule has 2 amide bonds. The van der Waals surface area contributed by atoms with Crippen molar-refractivity contribution in [3.05, 3.63) is 64.4 Å². The van der Waals surface area contributed by atoms with Gasteiger partial charge in [-0.3, -0.25) is 9.59 Å². The van der Waals surface area contributed by atoms with Crippen molar-refractivity contribution in [3.63, 3.8) is 0 Å². The van der Waals surface area contributed by atoms with Gasteiger partial charge in [-0.15, -0.1) is 0 Å². The van der Waals surface area contributed by atoms with Crippen LogP contribution in [0, 0.1) is 11.7 Å². The molecule has 10 heteroatoms. The van der Waals surface area contributed by atoms with Crippen molar-refractivity contribution < 1.29 is 22.4 Å². The van der Waals surface area contributed by atoms with Crippen LogP contribution in [0.5, 0.6) is 0 Å². The number of sulfonamides is 1. The van der Waals surface area contributed by atoms with Gasteiger partial charge in [0.05, 0.1) is 5.75 Å². The van der Waals surface area contributed by atoms with Crippen LogP contribution in [0.15, 0.2) is 42.5 Å². The Bertz CT molecular complexity index is 1050. The number of nitrogens with one attached hydrogen (secondary N) is 1. The van der Waals surface area contributed by atoms with Crippen molar-refractivity contribution in [2.24, 2.45) is 11.7 Å². The Balaban J connectivity index is 1.60. The lowest BCUT2D eigenvalue weighted by Crippen LogP contribution is -2.42. The second-order valence-corrected chi connectivity index (χ2v) is 9.44. The van der Waals surface area contributed by atoms with Gasteiger partial charge in [-0.1, -0.05) is 23.7 Å². The van der Waals surface area contributed by atoms with Crippen molar-refractivity contribution in [2.45, 2.75) is 18.6 Å². The Morgan fingerprint density at radius 3 is 2.47 bits per heavy atom. The van der Waals surface area contributed by atoms with Gasteiger partial charge in [-0.25, -0.2) is 17.1 Å². The average Bonchev–Trinajstić information content (AvgIpc) is 2.71. The number of piperidine rings is 1. The van der Waals surface area contributed by atoms with E-state index in [2.05, 4.69) is 5.32 Å². The molecule has 0 unspecified atom stereocenters. The fourth-order valence-electron chi connectivity index (χ4n) is 3.33. The van der Waals surface area contributed by atoms with Crippen molar-refractivity contribution in [1.29, 1.82) is 0 Å². The first-order valence-corrected chi connectivity index (χ1v) is 11.3. The van der Waals surface area contributed by atoms with E-state index in [-0.39, 0.29) is 41.1 Å². The molecule has 0 atom stereocenters. The van der Waals surface area contributed by atoms with E-state index in [4.69, 9.17) is 17.3 Å². The first-order valence-electron chi connectivity index (χ1n) is 9.29. The van der Waals surface area contributed by atoms with Crippen LogP contribution in [0.25, 0.3) is 0 Å². The first kappa shape index (κ1) is 22.2. The number of amides is 2. The van der Waals surface area contributed by atoms with E-state index in [0.29, 0.717) is 18.5 Å². The number of anilines is 1. The molecule has 3 N–H and O–H groups in total. The average molecular weight is 454 g/mol. The summed E-state index contributed by atoms with van der Waals surface area (Å²) >= 11 is 5.94. The van der Waals surface area contributed by atoms with Gasteiger partial charge in [0, 0.05) is 40.8 Å². The first-order chi connectivity index (χ1) is 14.2. The number of halogens is 2. The molecule has 1 aliphatic heterocycles. The van der Waals surface area contributed by atoms with Gasteiger partial charge >= 0.3 is 0 Å². The molecule has 160 valence electrons. The Morgan fingerprint density at radius 1 is 1.17 bits per heavy atom. The molecular weight excluding hydrogens is 433 g/mol. The fourth-order valence-corrected chi connectivity index (χ4v) is 5.25. The predicted octanol–water partition coefficient (Wildman–Crippen LogP) is 2.76. The van der Waals surface area contributed by atoms with Crippen LogP contribution in [0.2, 0.25) is 5.02 Å². The molecule has 0 aliphatic carbocycles. The van der Waals surface area contributed by atoms with E-state index in [1.807, 2.05) is 0 Å². The summed E-state index contributed by atoms with van der Waals surface area (Å²) < 4.78 is 40.6. The van der Waals surface area contributed by atoms with Crippen molar-refractivity contribution in [3.8, 4) is 0 Å². The Labute approximate surface area is 179 Å². The number of benzene rings is 2. The molecular formula is C20H21ClFN3O4S.